The summed E-state index contributed by atoms with van der Waals surface area (Å²) < 4.78 is 5.92. The van der Waals surface area contributed by atoms with Gasteiger partial charge in [0.1, 0.15) is 0 Å². The van der Waals surface area contributed by atoms with Crippen LogP contribution in [0, 0.1) is 0 Å². The van der Waals surface area contributed by atoms with Crippen molar-refractivity contribution < 1.29 is 14.3 Å². The number of furan rings is 1. The number of carboxylic acid groups (broad SMARTS) is 1. The van der Waals surface area contributed by atoms with Crippen LogP contribution in [-0.4, -0.2) is 11.1 Å². The molecule has 0 atom stereocenters. The van der Waals surface area contributed by atoms with Gasteiger partial charge in [-0.1, -0.05) is 28.1 Å². The van der Waals surface area contributed by atoms with Gasteiger partial charge < -0.3 is 9.52 Å². The minimum atomic E-state index is -1.04. The van der Waals surface area contributed by atoms with Gasteiger partial charge >= 0.3 is 5.97 Å². The Balaban J connectivity index is 2.17. The van der Waals surface area contributed by atoms with Gasteiger partial charge in [-0.15, -0.1) is 0 Å². The molecule has 3 nitrogen and oxygen atoms in total. The van der Waals surface area contributed by atoms with E-state index in [0.717, 1.165) is 15.6 Å². The summed E-state index contributed by atoms with van der Waals surface area (Å²) in [5.41, 5.74) is 1.96. The van der Waals surface area contributed by atoms with Crippen LogP contribution in [0.25, 0.3) is 0 Å². The fourth-order valence-corrected chi connectivity index (χ4v) is 1.91. The summed E-state index contributed by atoms with van der Waals surface area (Å²) in [6, 6.07) is 9.41. The van der Waals surface area contributed by atoms with Crippen LogP contribution >= 0.6 is 15.9 Å². The monoisotopic (exact) mass is 280 g/mol. The molecular weight excluding hydrogens is 272 g/mol. The number of halogens is 1. The van der Waals surface area contributed by atoms with Gasteiger partial charge in [-0.05, 0) is 29.3 Å². The van der Waals surface area contributed by atoms with E-state index >= 15 is 0 Å². The normalized spacial score (nSPS) is 10.3. The molecule has 0 amide bonds. The number of hydrogen-bond donors (Lipinski definition) is 1. The molecule has 0 aliphatic rings. The van der Waals surface area contributed by atoms with E-state index in [2.05, 4.69) is 15.9 Å². The van der Waals surface area contributed by atoms with Gasteiger partial charge in [0.25, 0.3) is 0 Å². The average Bonchev–Trinajstić information content (AvgIpc) is 2.66. The van der Waals surface area contributed by atoms with E-state index in [0.29, 0.717) is 6.42 Å². The fourth-order valence-electron chi connectivity index (χ4n) is 1.46. The predicted octanol–water partition coefficient (Wildman–Crippen LogP) is 3.33. The maximum atomic E-state index is 10.6. The Morgan fingerprint density at radius 1 is 1.31 bits per heavy atom. The van der Waals surface area contributed by atoms with Crippen molar-refractivity contribution in [1.29, 1.82) is 0 Å². The highest BCUT2D eigenvalue weighted by molar-refractivity contribution is 9.10. The molecule has 1 heterocycles. The zero-order chi connectivity index (χ0) is 11.5. The van der Waals surface area contributed by atoms with Crippen molar-refractivity contribution in [3.8, 4) is 0 Å². The number of benzene rings is 1. The molecule has 0 fully saturated rings. The Morgan fingerprint density at radius 2 is 2.12 bits per heavy atom. The zero-order valence-electron chi connectivity index (χ0n) is 8.31. The summed E-state index contributed by atoms with van der Waals surface area (Å²) in [5.74, 6) is -1.06. The first kappa shape index (κ1) is 11.0. The van der Waals surface area contributed by atoms with Crippen LogP contribution < -0.4 is 0 Å². The number of carbonyl (C=O) groups is 1. The first-order chi connectivity index (χ1) is 7.65. The molecule has 0 aliphatic carbocycles. The molecule has 2 aromatic rings. The number of rotatable bonds is 3. The summed E-state index contributed by atoms with van der Waals surface area (Å²) in [7, 11) is 0. The van der Waals surface area contributed by atoms with Crippen molar-refractivity contribution in [2.45, 2.75) is 6.42 Å². The standard InChI is InChI=1S/C12H9BrO3/c13-10-3-1-2-8(5-10)4-9-6-11(12(14)15)16-7-9/h1-3,5-7H,4H2,(H,14,15). The van der Waals surface area contributed by atoms with Crippen molar-refractivity contribution in [3.63, 3.8) is 0 Å². The molecule has 0 spiro atoms. The van der Waals surface area contributed by atoms with Crippen LogP contribution in [0.5, 0.6) is 0 Å². The lowest BCUT2D eigenvalue weighted by Gasteiger charge is -1.98. The van der Waals surface area contributed by atoms with Crippen LogP contribution in [0.2, 0.25) is 0 Å². The maximum absolute atomic E-state index is 10.6. The highest BCUT2D eigenvalue weighted by Gasteiger charge is 2.09. The van der Waals surface area contributed by atoms with Crippen LogP contribution in [0.3, 0.4) is 0 Å². The summed E-state index contributed by atoms with van der Waals surface area (Å²) in [6.45, 7) is 0. The molecule has 0 aliphatic heterocycles. The Morgan fingerprint density at radius 3 is 2.75 bits per heavy atom. The van der Waals surface area contributed by atoms with Crippen LogP contribution in [0.15, 0.2) is 45.5 Å². The SMILES string of the molecule is O=C(O)c1cc(Cc2cccc(Br)c2)co1. The van der Waals surface area contributed by atoms with Gasteiger partial charge in [-0.25, -0.2) is 4.79 Å². The fraction of sp³-hybridized carbons (Fsp3) is 0.0833. The quantitative estimate of drug-likeness (QED) is 0.938. The highest BCUT2D eigenvalue weighted by Crippen LogP contribution is 2.17. The topological polar surface area (TPSA) is 50.4 Å². The Labute approximate surface area is 101 Å². The molecule has 0 saturated heterocycles. The van der Waals surface area contributed by atoms with Gasteiger partial charge in [0.05, 0.1) is 6.26 Å². The summed E-state index contributed by atoms with van der Waals surface area (Å²) in [4.78, 5) is 10.6. The summed E-state index contributed by atoms with van der Waals surface area (Å²) in [5, 5.41) is 8.71. The van der Waals surface area contributed by atoms with Crippen molar-refractivity contribution in [2.24, 2.45) is 0 Å². The van der Waals surface area contributed by atoms with Crippen molar-refractivity contribution in [2.75, 3.05) is 0 Å². The lowest BCUT2D eigenvalue weighted by Crippen LogP contribution is -1.92. The van der Waals surface area contributed by atoms with Crippen LogP contribution in [-0.2, 0) is 6.42 Å². The van der Waals surface area contributed by atoms with Gasteiger partial charge in [0.15, 0.2) is 0 Å². The first-order valence-electron chi connectivity index (χ1n) is 4.70. The third-order valence-corrected chi connectivity index (χ3v) is 2.66. The second-order valence-electron chi connectivity index (χ2n) is 3.43. The molecule has 1 aromatic carbocycles. The minimum Gasteiger partial charge on any atom is -0.475 e. The van der Waals surface area contributed by atoms with E-state index in [1.165, 1.54) is 6.26 Å². The average molecular weight is 281 g/mol. The smallest absolute Gasteiger partial charge is 0.371 e. The first-order valence-corrected chi connectivity index (χ1v) is 5.49. The molecule has 2 rings (SSSR count). The Bertz CT molecular complexity index is 516. The number of carboxylic acids is 1. The van der Waals surface area contributed by atoms with E-state index in [1.54, 1.807) is 6.07 Å². The summed E-state index contributed by atoms with van der Waals surface area (Å²) in [6.07, 6.45) is 2.14. The van der Waals surface area contributed by atoms with Crippen molar-refractivity contribution in [3.05, 3.63) is 58.0 Å². The molecule has 16 heavy (non-hydrogen) atoms. The lowest BCUT2D eigenvalue weighted by atomic mass is 10.1. The number of aromatic carboxylic acids is 1. The Hall–Kier alpha value is -1.55. The van der Waals surface area contributed by atoms with Crippen molar-refractivity contribution >= 4 is 21.9 Å². The van der Waals surface area contributed by atoms with Crippen molar-refractivity contribution in [1.82, 2.24) is 0 Å². The molecule has 0 radical (unpaired) electrons. The van der Waals surface area contributed by atoms with Gasteiger partial charge in [0.2, 0.25) is 5.76 Å². The molecule has 1 N–H and O–H groups in total. The maximum Gasteiger partial charge on any atom is 0.371 e. The summed E-state index contributed by atoms with van der Waals surface area (Å²) >= 11 is 3.39. The second kappa shape index (κ2) is 4.53. The van der Waals surface area contributed by atoms with E-state index in [4.69, 9.17) is 9.52 Å². The van der Waals surface area contributed by atoms with Gasteiger partial charge in [0, 0.05) is 10.9 Å². The molecule has 82 valence electrons. The molecular formula is C12H9BrO3. The largest absolute Gasteiger partial charge is 0.475 e. The molecule has 1 aromatic heterocycles. The molecule has 0 unspecified atom stereocenters. The minimum absolute atomic E-state index is 0.0232. The van der Waals surface area contributed by atoms with E-state index in [1.807, 2.05) is 24.3 Å². The van der Waals surface area contributed by atoms with E-state index in [-0.39, 0.29) is 5.76 Å². The van der Waals surface area contributed by atoms with E-state index < -0.39 is 5.97 Å². The predicted molar refractivity (Wildman–Crippen MR) is 62.6 cm³/mol. The third-order valence-electron chi connectivity index (χ3n) is 2.16. The molecule has 4 heteroatoms. The highest BCUT2D eigenvalue weighted by atomic mass is 79.9. The Kier molecular flexibility index (Phi) is 3.10. The zero-order valence-corrected chi connectivity index (χ0v) is 9.90. The van der Waals surface area contributed by atoms with Crippen LogP contribution in [0.4, 0.5) is 0 Å². The third kappa shape index (κ3) is 2.52. The molecule has 0 saturated carbocycles. The van der Waals surface area contributed by atoms with Gasteiger partial charge in [-0.2, -0.15) is 0 Å². The van der Waals surface area contributed by atoms with Gasteiger partial charge in [-0.3, -0.25) is 0 Å². The number of hydrogen-bond acceptors (Lipinski definition) is 2. The van der Waals surface area contributed by atoms with E-state index in [9.17, 15) is 4.79 Å². The molecule has 0 bridgehead atoms. The second-order valence-corrected chi connectivity index (χ2v) is 4.35. The van der Waals surface area contributed by atoms with Crippen LogP contribution in [0.1, 0.15) is 21.7 Å². The lowest BCUT2D eigenvalue weighted by molar-refractivity contribution is 0.0662.